The molecule has 1 amide bonds. The van der Waals surface area contributed by atoms with Crippen LogP contribution in [0.15, 0.2) is 38.6 Å². The fraction of sp³-hybridized carbons (Fsp3) is 0.360. The Morgan fingerprint density at radius 1 is 1.08 bits per heavy atom. The first-order valence-electron chi connectivity index (χ1n) is 11.5. The fourth-order valence-electron chi connectivity index (χ4n) is 6.34. The molecule has 0 bridgehead atoms. The van der Waals surface area contributed by atoms with Crippen LogP contribution in [-0.4, -0.2) is 74.0 Å². The summed E-state index contributed by atoms with van der Waals surface area (Å²) in [5.41, 5.74) is 5.86. The van der Waals surface area contributed by atoms with Crippen molar-refractivity contribution >= 4 is 23.1 Å². The van der Waals surface area contributed by atoms with E-state index < -0.39 is 75.0 Å². The van der Waals surface area contributed by atoms with Gasteiger partial charge in [0.2, 0.25) is 10.9 Å². The number of fused-ring (bicyclic) bond motifs is 3. The van der Waals surface area contributed by atoms with E-state index in [1.807, 2.05) is 0 Å². The number of anilines is 1. The SMILES string of the molecule is CN(C)[C@@H]1C(O)=C(C(N)=O)C(O)[C@@]2(O)C(=O)C3=C(O)c4c(O)ccc(-c5c(N)c(=O)c5=O)c4C[C@H]3C[C@@H]12. The molecule has 3 aliphatic carbocycles. The summed E-state index contributed by atoms with van der Waals surface area (Å²) in [6.07, 6.45) is -2.23. The molecule has 3 aliphatic rings. The zero-order chi connectivity index (χ0) is 27.3. The number of nitrogen functional groups attached to an aromatic ring is 1. The van der Waals surface area contributed by atoms with E-state index in [2.05, 4.69) is 0 Å². The number of hydrogen-bond acceptors (Lipinski definition) is 11. The van der Waals surface area contributed by atoms with Crippen molar-refractivity contribution in [2.45, 2.75) is 30.6 Å². The largest absolute Gasteiger partial charge is 0.510 e. The molecule has 12 heteroatoms. The third kappa shape index (κ3) is 2.94. The molecule has 0 aromatic heterocycles. The number of primary amides is 1. The summed E-state index contributed by atoms with van der Waals surface area (Å²) in [5.74, 6) is -5.89. The highest BCUT2D eigenvalue weighted by molar-refractivity contribution is 6.11. The number of nitrogens with two attached hydrogens (primary N) is 2. The van der Waals surface area contributed by atoms with E-state index in [4.69, 9.17) is 11.5 Å². The molecule has 37 heavy (non-hydrogen) atoms. The number of likely N-dealkylation sites (N-methyl/N-ethyl adjacent to an activating group) is 1. The van der Waals surface area contributed by atoms with Crippen molar-refractivity contribution in [3.05, 3.63) is 60.6 Å². The Labute approximate surface area is 209 Å². The zero-order valence-corrected chi connectivity index (χ0v) is 19.8. The number of phenolic OH excluding ortho intramolecular Hbond substituents is 1. The Morgan fingerprint density at radius 3 is 2.30 bits per heavy atom. The molecule has 9 N–H and O–H groups in total. The van der Waals surface area contributed by atoms with E-state index in [1.54, 1.807) is 14.1 Å². The van der Waals surface area contributed by atoms with Crippen molar-refractivity contribution in [1.29, 1.82) is 0 Å². The Morgan fingerprint density at radius 2 is 1.73 bits per heavy atom. The quantitative estimate of drug-likeness (QED) is 0.237. The van der Waals surface area contributed by atoms with E-state index in [9.17, 15) is 44.7 Å². The number of rotatable bonds is 3. The van der Waals surface area contributed by atoms with Crippen LogP contribution in [0, 0.1) is 11.8 Å². The minimum absolute atomic E-state index is 0.00156. The zero-order valence-electron chi connectivity index (χ0n) is 19.8. The molecule has 1 saturated carbocycles. The number of hydrogen-bond donors (Lipinski definition) is 7. The van der Waals surface area contributed by atoms with Crippen LogP contribution in [0.5, 0.6) is 5.75 Å². The number of carbonyl (C=O) groups is 2. The summed E-state index contributed by atoms with van der Waals surface area (Å²) in [6.45, 7) is 0. The van der Waals surface area contributed by atoms with Crippen molar-refractivity contribution in [1.82, 2.24) is 4.90 Å². The maximum absolute atomic E-state index is 13.8. The van der Waals surface area contributed by atoms with Gasteiger partial charge in [0, 0.05) is 11.5 Å². The lowest BCUT2D eigenvalue weighted by molar-refractivity contribution is -0.170. The number of aliphatic hydroxyl groups excluding tert-OH is 3. The van der Waals surface area contributed by atoms with Gasteiger partial charge < -0.3 is 37.0 Å². The van der Waals surface area contributed by atoms with E-state index in [0.29, 0.717) is 0 Å². The molecule has 1 fully saturated rings. The van der Waals surface area contributed by atoms with Gasteiger partial charge in [0.25, 0.3) is 5.91 Å². The van der Waals surface area contributed by atoms with Crippen LogP contribution in [0.3, 0.4) is 0 Å². The van der Waals surface area contributed by atoms with Crippen LogP contribution in [0.4, 0.5) is 5.69 Å². The fourth-order valence-corrected chi connectivity index (χ4v) is 6.34. The monoisotopic (exact) mass is 511 g/mol. The first-order valence-corrected chi connectivity index (χ1v) is 11.5. The lowest BCUT2D eigenvalue weighted by Crippen LogP contribution is -2.68. The van der Waals surface area contributed by atoms with E-state index in [0.717, 1.165) is 0 Å². The van der Waals surface area contributed by atoms with Crippen LogP contribution in [0.1, 0.15) is 17.5 Å². The van der Waals surface area contributed by atoms with Gasteiger partial charge in [-0.15, -0.1) is 0 Å². The van der Waals surface area contributed by atoms with Crippen molar-refractivity contribution in [2.75, 3.05) is 19.8 Å². The van der Waals surface area contributed by atoms with Crippen LogP contribution in [-0.2, 0) is 16.0 Å². The van der Waals surface area contributed by atoms with Crippen molar-refractivity contribution in [2.24, 2.45) is 17.6 Å². The number of nitrogens with zero attached hydrogens (tertiary/aromatic N) is 1. The number of benzene rings is 1. The van der Waals surface area contributed by atoms with Crippen LogP contribution < -0.4 is 22.3 Å². The van der Waals surface area contributed by atoms with Gasteiger partial charge in [-0.1, -0.05) is 6.07 Å². The van der Waals surface area contributed by atoms with Gasteiger partial charge in [-0.3, -0.25) is 24.1 Å². The Bertz CT molecular complexity index is 1550. The molecular formula is C25H25N3O9. The first-order chi connectivity index (χ1) is 17.2. The van der Waals surface area contributed by atoms with E-state index in [1.165, 1.54) is 17.0 Å². The highest BCUT2D eigenvalue weighted by atomic mass is 16.4. The lowest BCUT2D eigenvalue weighted by Gasteiger charge is -2.53. The van der Waals surface area contributed by atoms with Gasteiger partial charge in [0.15, 0.2) is 11.4 Å². The second-order valence-corrected chi connectivity index (χ2v) is 10.1. The molecule has 0 saturated heterocycles. The maximum Gasteiger partial charge on any atom is 0.250 e. The average Bonchev–Trinajstić information content (AvgIpc) is 2.82. The summed E-state index contributed by atoms with van der Waals surface area (Å²) in [5, 5.41) is 55.2. The number of carbonyl (C=O) groups excluding carboxylic acids is 2. The molecule has 0 aliphatic heterocycles. The maximum atomic E-state index is 13.8. The third-order valence-corrected chi connectivity index (χ3v) is 8.02. The first kappa shape index (κ1) is 24.7. The second-order valence-electron chi connectivity index (χ2n) is 10.1. The molecule has 0 radical (unpaired) electrons. The highest BCUT2D eigenvalue weighted by Crippen LogP contribution is 2.54. The molecule has 12 nitrogen and oxygen atoms in total. The molecule has 194 valence electrons. The summed E-state index contributed by atoms with van der Waals surface area (Å²) >= 11 is 0. The van der Waals surface area contributed by atoms with Crippen LogP contribution in [0.2, 0.25) is 0 Å². The highest BCUT2D eigenvalue weighted by Gasteiger charge is 2.64. The summed E-state index contributed by atoms with van der Waals surface area (Å²) < 4.78 is 0. The molecular weight excluding hydrogens is 486 g/mol. The van der Waals surface area contributed by atoms with Gasteiger partial charge in [0.05, 0.1) is 28.4 Å². The number of amides is 1. The van der Waals surface area contributed by atoms with E-state index in [-0.39, 0.29) is 46.4 Å². The van der Waals surface area contributed by atoms with E-state index >= 15 is 0 Å². The summed E-state index contributed by atoms with van der Waals surface area (Å²) in [7, 11) is 3.09. The second kappa shape index (κ2) is 7.75. The van der Waals surface area contributed by atoms with Gasteiger partial charge in [-0.25, -0.2) is 0 Å². The molecule has 2 aromatic rings. The van der Waals surface area contributed by atoms with Gasteiger partial charge in [-0.2, -0.15) is 0 Å². The minimum atomic E-state index is -2.63. The minimum Gasteiger partial charge on any atom is -0.510 e. The van der Waals surface area contributed by atoms with Gasteiger partial charge in [0.1, 0.15) is 23.4 Å². The normalized spacial score (nSPS) is 29.4. The van der Waals surface area contributed by atoms with Crippen LogP contribution >= 0.6 is 0 Å². The number of Topliss-reactive ketones (excluding diaryl/α,β-unsaturated/α-hetero) is 1. The molecule has 2 aromatic carbocycles. The van der Waals surface area contributed by atoms with Gasteiger partial charge >= 0.3 is 0 Å². The van der Waals surface area contributed by atoms with Crippen LogP contribution in [0.25, 0.3) is 16.9 Å². The number of phenols is 1. The molecule has 0 spiro atoms. The lowest BCUT2D eigenvalue weighted by atomic mass is 9.56. The topological polar surface area (TPSA) is 225 Å². The average molecular weight is 511 g/mol. The van der Waals surface area contributed by atoms with Crippen molar-refractivity contribution in [3.8, 4) is 16.9 Å². The summed E-state index contributed by atoms with van der Waals surface area (Å²) in [6, 6.07) is 1.48. The Balaban J connectivity index is 1.74. The molecule has 5 rings (SSSR count). The molecule has 5 atom stereocenters. The third-order valence-electron chi connectivity index (χ3n) is 8.02. The van der Waals surface area contributed by atoms with Crippen molar-refractivity contribution in [3.63, 3.8) is 0 Å². The molecule has 1 unspecified atom stereocenters. The van der Waals surface area contributed by atoms with Crippen molar-refractivity contribution < 1.29 is 35.1 Å². The molecule has 0 heterocycles. The predicted molar refractivity (Wildman–Crippen MR) is 130 cm³/mol. The number of aromatic hydroxyl groups is 1. The Hall–Kier alpha value is -4.00. The summed E-state index contributed by atoms with van der Waals surface area (Å²) in [4.78, 5) is 51.4. The standard InChI is InChI=1S/C25H25N3O9/c1-28(2)17-10-6-7-5-9-8(14-16(26)21(33)20(14)32)3-4-11(29)13(9)18(30)12(7)22(34)25(10,37)23(35)15(19(17)31)24(27)36/h3-4,7,10,17,23,29-31,35,37H,5-6,26H2,1-2H3,(H2,27,36)/t7-,10-,17-,23?,25-/m0/s1. The Kier molecular flexibility index (Phi) is 5.17. The smallest absolute Gasteiger partial charge is 0.250 e. The predicted octanol–water partition coefficient (Wildman–Crippen LogP) is -1.40. The number of ketones is 1. The number of aliphatic hydroxyl groups is 4. The van der Waals surface area contributed by atoms with Gasteiger partial charge in [-0.05, 0) is 50.0 Å².